The van der Waals surface area contributed by atoms with E-state index in [1.165, 1.54) is 6.92 Å². The van der Waals surface area contributed by atoms with Gasteiger partial charge in [0.25, 0.3) is 0 Å². The van der Waals surface area contributed by atoms with Crippen LogP contribution in [-0.4, -0.2) is 41.8 Å². The van der Waals surface area contributed by atoms with Gasteiger partial charge in [-0.2, -0.15) is 13.2 Å². The summed E-state index contributed by atoms with van der Waals surface area (Å²) in [7, 11) is 0. The van der Waals surface area contributed by atoms with E-state index in [1.807, 2.05) is 0 Å². The molecule has 0 aromatic heterocycles. The van der Waals surface area contributed by atoms with Crippen LogP contribution < -0.4 is 0 Å². The maximum absolute atomic E-state index is 14.0. The van der Waals surface area contributed by atoms with Crippen LogP contribution in [-0.2, 0) is 27.4 Å². The zero-order valence-corrected chi connectivity index (χ0v) is 15.4. The highest BCUT2D eigenvalue weighted by molar-refractivity contribution is 5.15. The van der Waals surface area contributed by atoms with Gasteiger partial charge in [-0.25, -0.2) is 0 Å². The Morgan fingerprint density at radius 1 is 0.964 bits per heavy atom. The van der Waals surface area contributed by atoms with E-state index in [0.29, 0.717) is 11.1 Å². The quantitative estimate of drug-likeness (QED) is 0.805. The van der Waals surface area contributed by atoms with E-state index in [0.717, 1.165) is 0 Å². The van der Waals surface area contributed by atoms with Crippen LogP contribution in [0, 0.1) is 0 Å². The molecule has 1 fully saturated rings. The molecule has 152 valence electrons. The summed E-state index contributed by atoms with van der Waals surface area (Å²) >= 11 is 0. The van der Waals surface area contributed by atoms with Crippen LogP contribution in [0.2, 0.25) is 0 Å². The van der Waals surface area contributed by atoms with Crippen molar-refractivity contribution in [2.75, 3.05) is 6.61 Å². The van der Waals surface area contributed by atoms with Crippen molar-refractivity contribution < 1.29 is 32.5 Å². The Kier molecular flexibility index (Phi) is 6.40. The molecular formula is C21H23F3O4. The molecule has 0 spiro atoms. The summed E-state index contributed by atoms with van der Waals surface area (Å²) in [4.78, 5) is 0. The van der Waals surface area contributed by atoms with Crippen molar-refractivity contribution in [3.05, 3.63) is 71.8 Å². The summed E-state index contributed by atoms with van der Waals surface area (Å²) in [6.07, 6.45) is -9.13. The topological polar surface area (TPSA) is 47.9 Å². The monoisotopic (exact) mass is 396 g/mol. The molecular weight excluding hydrogens is 373 g/mol. The smallest absolute Gasteiger partial charge is 0.376 e. The molecule has 1 aliphatic heterocycles. The predicted octanol–water partition coefficient (Wildman–Crippen LogP) is 3.87. The van der Waals surface area contributed by atoms with Crippen LogP contribution in [0.5, 0.6) is 0 Å². The fraction of sp³-hybridized carbons (Fsp3) is 0.429. The second-order valence-corrected chi connectivity index (χ2v) is 6.86. The molecule has 1 saturated heterocycles. The number of alkyl halides is 3. The highest BCUT2D eigenvalue weighted by atomic mass is 19.4. The summed E-state index contributed by atoms with van der Waals surface area (Å²) in [5.41, 5.74) is -1.78. The van der Waals surface area contributed by atoms with Crippen molar-refractivity contribution in [2.24, 2.45) is 0 Å². The lowest BCUT2D eigenvalue weighted by atomic mass is 9.84. The Morgan fingerprint density at radius 3 is 1.96 bits per heavy atom. The van der Waals surface area contributed by atoms with Crippen LogP contribution >= 0.6 is 0 Å². The van der Waals surface area contributed by atoms with Crippen LogP contribution in [0.4, 0.5) is 13.2 Å². The van der Waals surface area contributed by atoms with Crippen molar-refractivity contribution in [3.63, 3.8) is 0 Å². The van der Waals surface area contributed by atoms with Crippen molar-refractivity contribution in [2.45, 2.75) is 50.2 Å². The van der Waals surface area contributed by atoms with E-state index in [4.69, 9.17) is 14.2 Å². The first-order valence-electron chi connectivity index (χ1n) is 9.04. The zero-order chi connectivity index (χ0) is 20.2. The van der Waals surface area contributed by atoms with Gasteiger partial charge in [-0.3, -0.25) is 0 Å². The molecule has 4 nitrogen and oxygen atoms in total. The Balaban J connectivity index is 1.79. The highest BCUT2D eigenvalue weighted by Crippen LogP contribution is 2.43. The number of hydrogen-bond donors (Lipinski definition) is 1. The standard InChI is InChI=1S/C21H23F3O4/c1-15-19(28-13-17-10-6-3-7-11-17)20(25,21(22,23)24)18(14-26-15)27-12-16-8-4-2-5-9-16/h2-11,15,18-19,25H,12-14H2,1H3/t15?,18?,19-,20?/m1/s1. The molecule has 0 saturated carbocycles. The molecule has 1 N–H and O–H groups in total. The van der Waals surface area contributed by atoms with Gasteiger partial charge >= 0.3 is 6.18 Å². The molecule has 0 amide bonds. The largest absolute Gasteiger partial charge is 0.422 e. The van der Waals surface area contributed by atoms with Gasteiger partial charge in [0.2, 0.25) is 5.60 Å². The third-order valence-corrected chi connectivity index (χ3v) is 4.88. The molecule has 0 radical (unpaired) electrons. The van der Waals surface area contributed by atoms with E-state index in [9.17, 15) is 18.3 Å². The molecule has 28 heavy (non-hydrogen) atoms. The van der Waals surface area contributed by atoms with Gasteiger partial charge in [-0.05, 0) is 18.1 Å². The Hall–Kier alpha value is -1.93. The zero-order valence-electron chi connectivity index (χ0n) is 15.4. The lowest BCUT2D eigenvalue weighted by Gasteiger charge is -2.48. The summed E-state index contributed by atoms with van der Waals surface area (Å²) in [5.74, 6) is 0. The number of halogens is 3. The average molecular weight is 396 g/mol. The SMILES string of the molecule is CC1OCC(OCc2ccccc2)C(O)(C(F)(F)F)[C@@H]1OCc1ccccc1. The number of benzene rings is 2. The lowest BCUT2D eigenvalue weighted by molar-refractivity contribution is -0.367. The van der Waals surface area contributed by atoms with Gasteiger partial charge < -0.3 is 19.3 Å². The van der Waals surface area contributed by atoms with Crippen LogP contribution in [0.15, 0.2) is 60.7 Å². The van der Waals surface area contributed by atoms with Crippen molar-refractivity contribution in [1.82, 2.24) is 0 Å². The Bertz CT molecular complexity index is 738. The predicted molar refractivity (Wildman–Crippen MR) is 96.5 cm³/mol. The van der Waals surface area contributed by atoms with Crippen molar-refractivity contribution >= 4 is 0 Å². The molecule has 1 aliphatic rings. The van der Waals surface area contributed by atoms with Crippen molar-refractivity contribution in [1.29, 1.82) is 0 Å². The first-order valence-corrected chi connectivity index (χ1v) is 9.04. The van der Waals surface area contributed by atoms with Gasteiger partial charge in [0.05, 0.1) is 25.9 Å². The maximum Gasteiger partial charge on any atom is 0.422 e. The summed E-state index contributed by atoms with van der Waals surface area (Å²) in [6.45, 7) is 0.922. The van der Waals surface area contributed by atoms with E-state index in [2.05, 4.69) is 0 Å². The van der Waals surface area contributed by atoms with Gasteiger partial charge in [0, 0.05) is 0 Å². The molecule has 7 heteroatoms. The number of aliphatic hydroxyl groups is 1. The first kappa shape index (κ1) is 20.8. The fourth-order valence-corrected chi connectivity index (χ4v) is 3.31. The molecule has 0 bridgehead atoms. The molecule has 0 aliphatic carbocycles. The summed E-state index contributed by atoms with van der Waals surface area (Å²) in [6, 6.07) is 17.6. The Morgan fingerprint density at radius 2 is 1.46 bits per heavy atom. The lowest BCUT2D eigenvalue weighted by Crippen LogP contribution is -2.70. The normalized spacial score (nSPS) is 28.2. The number of ether oxygens (including phenoxy) is 3. The van der Waals surface area contributed by atoms with Gasteiger partial charge in [-0.15, -0.1) is 0 Å². The molecule has 3 rings (SSSR count). The van der Waals surface area contributed by atoms with E-state index >= 15 is 0 Å². The second kappa shape index (κ2) is 8.61. The molecule has 1 heterocycles. The van der Waals surface area contributed by atoms with Crippen LogP contribution in [0.1, 0.15) is 18.1 Å². The third kappa shape index (κ3) is 4.38. The minimum atomic E-state index is -4.95. The van der Waals surface area contributed by atoms with Gasteiger partial charge in [-0.1, -0.05) is 60.7 Å². The fourth-order valence-electron chi connectivity index (χ4n) is 3.31. The Labute approximate surface area is 161 Å². The number of hydrogen-bond acceptors (Lipinski definition) is 4. The van der Waals surface area contributed by atoms with Gasteiger partial charge in [0.1, 0.15) is 12.2 Å². The van der Waals surface area contributed by atoms with Gasteiger partial charge in [0.15, 0.2) is 0 Å². The molecule has 4 atom stereocenters. The van der Waals surface area contributed by atoms with E-state index in [1.54, 1.807) is 60.7 Å². The van der Waals surface area contributed by atoms with Crippen LogP contribution in [0.3, 0.4) is 0 Å². The van der Waals surface area contributed by atoms with Crippen molar-refractivity contribution in [3.8, 4) is 0 Å². The molecule has 3 unspecified atom stereocenters. The summed E-state index contributed by atoms with van der Waals surface area (Å²) in [5, 5.41) is 10.8. The highest BCUT2D eigenvalue weighted by Gasteiger charge is 2.67. The molecule has 2 aromatic carbocycles. The average Bonchev–Trinajstić information content (AvgIpc) is 2.68. The minimum absolute atomic E-state index is 0.0763. The van der Waals surface area contributed by atoms with E-state index < -0.39 is 30.1 Å². The van der Waals surface area contributed by atoms with E-state index in [-0.39, 0.29) is 19.8 Å². The first-order chi connectivity index (χ1) is 13.3. The maximum atomic E-state index is 14.0. The number of rotatable bonds is 6. The van der Waals surface area contributed by atoms with Crippen LogP contribution in [0.25, 0.3) is 0 Å². The second-order valence-electron chi connectivity index (χ2n) is 6.86. The molecule has 2 aromatic rings. The third-order valence-electron chi connectivity index (χ3n) is 4.88. The minimum Gasteiger partial charge on any atom is -0.376 e. The summed E-state index contributed by atoms with van der Waals surface area (Å²) < 4.78 is 58.4.